The molecule has 2 heterocycles. The van der Waals surface area contributed by atoms with E-state index in [4.69, 9.17) is 0 Å². The zero-order valence-electron chi connectivity index (χ0n) is 16.2. The molecule has 0 radical (unpaired) electrons. The smallest absolute Gasteiger partial charge is 0.269 e. The van der Waals surface area contributed by atoms with E-state index < -0.39 is 0 Å². The van der Waals surface area contributed by atoms with Gasteiger partial charge in [0.05, 0.1) is 11.2 Å². The molecule has 6 rings (SSSR count). The van der Waals surface area contributed by atoms with Gasteiger partial charge in [0, 0.05) is 12.6 Å². The molecule has 7 heteroatoms. The Bertz CT molecular complexity index is 840. The standard InChI is InChI=1S/C20H28N6O/c1-3-4-16-6-17(25(2)24-16)18(27)23-19-7-14-5-15(8-19)10-20(9-14,11-19)26-13-21-12-22-26/h6,12-15H,3-5,7-11H2,1-2H3,(H,23,27)/t14-,15-,19?,20?/m1/s1. The summed E-state index contributed by atoms with van der Waals surface area (Å²) >= 11 is 0. The highest BCUT2D eigenvalue weighted by Gasteiger charge is 2.59. The van der Waals surface area contributed by atoms with Gasteiger partial charge < -0.3 is 5.32 Å². The van der Waals surface area contributed by atoms with Crippen LogP contribution in [0.5, 0.6) is 0 Å². The average molecular weight is 368 g/mol. The van der Waals surface area contributed by atoms with Gasteiger partial charge in [0.25, 0.3) is 5.91 Å². The SMILES string of the molecule is CCCc1cc(C(=O)NC23C[C@H]4C[C@H](C2)CC(n2cncn2)(C4)C3)n(C)n1. The van der Waals surface area contributed by atoms with Crippen molar-refractivity contribution in [1.82, 2.24) is 29.9 Å². The van der Waals surface area contributed by atoms with E-state index in [0.29, 0.717) is 17.5 Å². The van der Waals surface area contributed by atoms with Gasteiger partial charge in [-0.1, -0.05) is 13.3 Å². The fourth-order valence-electron chi connectivity index (χ4n) is 6.50. The third-order valence-corrected chi connectivity index (χ3v) is 6.98. The minimum absolute atomic E-state index is 0.0167. The predicted octanol–water partition coefficient (Wildman–Crippen LogP) is 2.44. The van der Waals surface area contributed by atoms with Crippen LogP contribution < -0.4 is 5.32 Å². The van der Waals surface area contributed by atoms with Crippen LogP contribution in [0.1, 0.15) is 68.1 Å². The molecule has 0 aliphatic heterocycles. The highest BCUT2D eigenvalue weighted by atomic mass is 16.2. The van der Waals surface area contributed by atoms with Gasteiger partial charge in [0.15, 0.2) is 0 Å². The fraction of sp³-hybridized carbons (Fsp3) is 0.700. The van der Waals surface area contributed by atoms with E-state index in [1.165, 1.54) is 6.42 Å². The lowest BCUT2D eigenvalue weighted by molar-refractivity contribution is -0.0745. The predicted molar refractivity (Wildman–Crippen MR) is 100 cm³/mol. The molecular weight excluding hydrogens is 340 g/mol. The van der Waals surface area contributed by atoms with Crippen molar-refractivity contribution in [1.29, 1.82) is 0 Å². The Morgan fingerprint density at radius 1 is 1.30 bits per heavy atom. The molecule has 4 bridgehead atoms. The Morgan fingerprint density at radius 3 is 2.74 bits per heavy atom. The number of rotatable bonds is 5. The highest BCUT2D eigenvalue weighted by molar-refractivity contribution is 5.93. The molecule has 0 unspecified atom stereocenters. The first-order valence-corrected chi connectivity index (χ1v) is 10.2. The van der Waals surface area contributed by atoms with Crippen LogP contribution in [0.15, 0.2) is 18.7 Å². The van der Waals surface area contributed by atoms with Crippen molar-refractivity contribution in [3.05, 3.63) is 30.1 Å². The second-order valence-corrected chi connectivity index (χ2v) is 9.15. The maximum Gasteiger partial charge on any atom is 0.269 e. The van der Waals surface area contributed by atoms with Gasteiger partial charge in [-0.15, -0.1) is 0 Å². The summed E-state index contributed by atoms with van der Waals surface area (Å²) in [7, 11) is 1.87. The molecule has 4 aliphatic rings. The second kappa shape index (κ2) is 5.91. The number of carbonyl (C=O) groups is 1. The van der Waals surface area contributed by atoms with E-state index in [2.05, 4.69) is 32.1 Å². The van der Waals surface area contributed by atoms with Gasteiger partial charge in [-0.25, -0.2) is 9.67 Å². The molecular formula is C20H28N6O. The van der Waals surface area contributed by atoms with Gasteiger partial charge in [-0.05, 0) is 62.8 Å². The van der Waals surface area contributed by atoms with Crippen molar-refractivity contribution in [2.24, 2.45) is 18.9 Å². The van der Waals surface area contributed by atoms with E-state index in [1.54, 1.807) is 11.0 Å². The molecule has 7 nitrogen and oxygen atoms in total. The lowest BCUT2D eigenvalue weighted by Gasteiger charge is -2.61. The largest absolute Gasteiger partial charge is 0.345 e. The minimum Gasteiger partial charge on any atom is -0.345 e. The van der Waals surface area contributed by atoms with Crippen molar-refractivity contribution in [3.8, 4) is 0 Å². The summed E-state index contributed by atoms with van der Waals surface area (Å²) < 4.78 is 3.81. The lowest BCUT2D eigenvalue weighted by atomic mass is 9.50. The summed E-state index contributed by atoms with van der Waals surface area (Å²) in [5.74, 6) is 1.35. The van der Waals surface area contributed by atoms with Crippen molar-refractivity contribution < 1.29 is 4.79 Å². The Labute approximate surface area is 159 Å². The number of aryl methyl sites for hydroxylation is 2. The van der Waals surface area contributed by atoms with Gasteiger partial charge >= 0.3 is 0 Å². The molecule has 27 heavy (non-hydrogen) atoms. The number of amides is 1. The zero-order chi connectivity index (χ0) is 18.6. The first-order valence-electron chi connectivity index (χ1n) is 10.2. The molecule has 4 saturated carbocycles. The van der Waals surface area contributed by atoms with Crippen molar-refractivity contribution in [3.63, 3.8) is 0 Å². The lowest BCUT2D eigenvalue weighted by Crippen LogP contribution is -2.66. The van der Waals surface area contributed by atoms with Gasteiger partial charge in [0.1, 0.15) is 18.3 Å². The van der Waals surface area contributed by atoms with Gasteiger partial charge in [-0.2, -0.15) is 10.2 Å². The van der Waals surface area contributed by atoms with Crippen LogP contribution >= 0.6 is 0 Å². The molecule has 0 spiro atoms. The maximum absolute atomic E-state index is 13.2. The third-order valence-electron chi connectivity index (χ3n) is 6.98. The molecule has 0 aromatic carbocycles. The molecule has 4 fully saturated rings. The number of carbonyl (C=O) groups excluding carboxylic acids is 1. The fourth-order valence-corrected chi connectivity index (χ4v) is 6.50. The normalized spacial score (nSPS) is 34.1. The maximum atomic E-state index is 13.2. The summed E-state index contributed by atoms with van der Waals surface area (Å²) in [6, 6.07) is 1.95. The van der Waals surface area contributed by atoms with E-state index >= 15 is 0 Å². The average Bonchev–Trinajstić information content (AvgIpc) is 3.24. The first kappa shape index (κ1) is 17.0. The quantitative estimate of drug-likeness (QED) is 0.879. The first-order chi connectivity index (χ1) is 13.0. The Kier molecular flexibility index (Phi) is 3.71. The molecule has 2 aromatic heterocycles. The van der Waals surface area contributed by atoms with Crippen LogP contribution in [0.3, 0.4) is 0 Å². The molecule has 0 saturated heterocycles. The number of aromatic nitrogens is 5. The van der Waals surface area contributed by atoms with Crippen LogP contribution in [0.4, 0.5) is 0 Å². The molecule has 4 aliphatic carbocycles. The van der Waals surface area contributed by atoms with Gasteiger partial charge in [-0.3, -0.25) is 9.48 Å². The van der Waals surface area contributed by atoms with E-state index in [9.17, 15) is 4.79 Å². The van der Waals surface area contributed by atoms with Crippen LogP contribution in [-0.4, -0.2) is 36.0 Å². The number of nitrogens with one attached hydrogen (secondary N) is 1. The van der Waals surface area contributed by atoms with Crippen molar-refractivity contribution in [2.45, 2.75) is 69.4 Å². The summed E-state index contributed by atoms with van der Waals surface area (Å²) in [6.45, 7) is 2.13. The molecule has 1 amide bonds. The summed E-state index contributed by atoms with van der Waals surface area (Å²) in [6.07, 6.45) is 12.2. The highest BCUT2D eigenvalue weighted by Crippen LogP contribution is 2.60. The zero-order valence-corrected chi connectivity index (χ0v) is 16.2. The van der Waals surface area contributed by atoms with E-state index in [1.807, 2.05) is 19.4 Å². The molecule has 1 N–H and O–H groups in total. The molecule has 2 atom stereocenters. The monoisotopic (exact) mass is 368 g/mol. The van der Waals surface area contributed by atoms with E-state index in [-0.39, 0.29) is 17.0 Å². The van der Waals surface area contributed by atoms with Crippen LogP contribution in [0, 0.1) is 11.8 Å². The number of hydrogen-bond donors (Lipinski definition) is 1. The minimum atomic E-state index is -0.123. The van der Waals surface area contributed by atoms with Crippen LogP contribution in [0.2, 0.25) is 0 Å². The summed E-state index contributed by atoms with van der Waals surface area (Å²) in [5, 5.41) is 12.5. The Morgan fingerprint density at radius 2 is 2.07 bits per heavy atom. The van der Waals surface area contributed by atoms with Crippen LogP contribution in [0.25, 0.3) is 0 Å². The third kappa shape index (κ3) is 2.70. The number of nitrogens with zero attached hydrogens (tertiary/aromatic N) is 5. The van der Waals surface area contributed by atoms with Gasteiger partial charge in [0.2, 0.25) is 0 Å². The second-order valence-electron chi connectivity index (χ2n) is 9.15. The molecule has 144 valence electrons. The van der Waals surface area contributed by atoms with Crippen molar-refractivity contribution >= 4 is 5.91 Å². The Balaban J connectivity index is 1.42. The van der Waals surface area contributed by atoms with Crippen molar-refractivity contribution in [2.75, 3.05) is 0 Å². The summed E-state index contributed by atoms with van der Waals surface area (Å²) in [4.78, 5) is 17.3. The Hall–Kier alpha value is -2.18. The summed E-state index contributed by atoms with van der Waals surface area (Å²) in [5.41, 5.74) is 1.56. The number of hydrogen-bond acceptors (Lipinski definition) is 4. The van der Waals surface area contributed by atoms with Crippen LogP contribution in [-0.2, 0) is 19.0 Å². The molecule has 2 aromatic rings. The topological polar surface area (TPSA) is 77.6 Å². The van der Waals surface area contributed by atoms with E-state index in [0.717, 1.165) is 50.6 Å².